The highest BCUT2D eigenvalue weighted by Crippen LogP contribution is 2.17. The van der Waals surface area contributed by atoms with Crippen molar-refractivity contribution < 1.29 is 4.79 Å². The number of pyridine rings is 1. The van der Waals surface area contributed by atoms with Gasteiger partial charge < -0.3 is 11.1 Å². The van der Waals surface area contributed by atoms with Crippen LogP contribution in [-0.2, 0) is 0 Å². The number of nitrogens with one attached hydrogen (secondary N) is 1. The molecule has 86 valence electrons. The average molecular weight is 248 g/mol. The molecule has 5 heteroatoms. The Morgan fingerprint density at radius 2 is 2.18 bits per heavy atom. The van der Waals surface area contributed by atoms with E-state index in [2.05, 4.69) is 10.3 Å². The number of nitrogens with zero attached hydrogens (tertiary/aromatic N) is 1. The fourth-order valence-electron chi connectivity index (χ4n) is 1.34. The second-order valence-corrected chi connectivity index (χ2v) is 3.86. The summed E-state index contributed by atoms with van der Waals surface area (Å²) in [4.78, 5) is 15.7. The number of amides is 1. The Morgan fingerprint density at radius 3 is 2.88 bits per heavy atom. The molecule has 1 aromatic heterocycles. The largest absolute Gasteiger partial charge is 0.396 e. The number of nitrogens with two attached hydrogens (primary N) is 1. The third-order valence-corrected chi connectivity index (χ3v) is 2.42. The van der Waals surface area contributed by atoms with Crippen LogP contribution in [0, 0.1) is 0 Å². The third kappa shape index (κ3) is 2.73. The minimum absolute atomic E-state index is 0.259. The first kappa shape index (κ1) is 11.4. The molecule has 2 rings (SSSR count). The van der Waals surface area contributed by atoms with Crippen LogP contribution >= 0.6 is 11.6 Å². The van der Waals surface area contributed by atoms with Gasteiger partial charge >= 0.3 is 0 Å². The fourth-order valence-corrected chi connectivity index (χ4v) is 1.53. The molecule has 1 heterocycles. The Labute approximate surface area is 103 Å². The summed E-state index contributed by atoms with van der Waals surface area (Å²) < 4.78 is 0. The van der Waals surface area contributed by atoms with Crippen molar-refractivity contribution in [1.29, 1.82) is 0 Å². The van der Waals surface area contributed by atoms with Crippen molar-refractivity contribution in [3.63, 3.8) is 0 Å². The van der Waals surface area contributed by atoms with Gasteiger partial charge in [0.05, 0.1) is 17.6 Å². The van der Waals surface area contributed by atoms with E-state index in [0.29, 0.717) is 22.0 Å². The molecule has 1 amide bonds. The SMILES string of the molecule is Nc1cnccc1NC(=O)c1cccc(Cl)c1. The van der Waals surface area contributed by atoms with Gasteiger partial charge in [0.15, 0.2) is 0 Å². The van der Waals surface area contributed by atoms with E-state index in [9.17, 15) is 4.79 Å². The second kappa shape index (κ2) is 4.84. The number of benzene rings is 1. The second-order valence-electron chi connectivity index (χ2n) is 3.43. The maximum atomic E-state index is 11.9. The van der Waals surface area contributed by atoms with Crippen molar-refractivity contribution >= 4 is 28.9 Å². The lowest BCUT2D eigenvalue weighted by Gasteiger charge is -2.07. The zero-order valence-electron chi connectivity index (χ0n) is 8.85. The Kier molecular flexibility index (Phi) is 3.25. The van der Waals surface area contributed by atoms with E-state index < -0.39 is 0 Å². The molecular weight excluding hydrogens is 238 g/mol. The Hall–Kier alpha value is -2.07. The van der Waals surface area contributed by atoms with Crippen LogP contribution < -0.4 is 11.1 Å². The molecule has 3 N–H and O–H groups in total. The summed E-state index contributed by atoms with van der Waals surface area (Å²) in [6.45, 7) is 0. The number of anilines is 2. The summed E-state index contributed by atoms with van der Waals surface area (Å²) in [5.74, 6) is -0.259. The quantitative estimate of drug-likeness (QED) is 0.857. The molecule has 0 aliphatic heterocycles. The molecule has 0 bridgehead atoms. The van der Waals surface area contributed by atoms with Gasteiger partial charge in [-0.15, -0.1) is 0 Å². The molecule has 17 heavy (non-hydrogen) atoms. The van der Waals surface area contributed by atoms with Gasteiger partial charge in [-0.05, 0) is 24.3 Å². The number of hydrogen-bond donors (Lipinski definition) is 2. The number of carbonyl (C=O) groups is 1. The molecule has 0 spiro atoms. The molecule has 0 saturated heterocycles. The van der Waals surface area contributed by atoms with Crippen molar-refractivity contribution in [2.45, 2.75) is 0 Å². The Bertz CT molecular complexity index is 557. The lowest BCUT2D eigenvalue weighted by Crippen LogP contribution is -2.13. The summed E-state index contributed by atoms with van der Waals surface area (Å²) in [6, 6.07) is 8.33. The van der Waals surface area contributed by atoms with Crippen LogP contribution in [0.3, 0.4) is 0 Å². The maximum Gasteiger partial charge on any atom is 0.255 e. The van der Waals surface area contributed by atoms with Gasteiger partial charge in [0.2, 0.25) is 0 Å². The first-order valence-electron chi connectivity index (χ1n) is 4.93. The summed E-state index contributed by atoms with van der Waals surface area (Å²) in [5.41, 5.74) is 7.11. The molecular formula is C12H10ClN3O. The van der Waals surface area contributed by atoms with E-state index in [-0.39, 0.29) is 5.91 Å². The van der Waals surface area contributed by atoms with Crippen molar-refractivity contribution in [2.24, 2.45) is 0 Å². The van der Waals surface area contributed by atoms with Crippen LogP contribution in [0.5, 0.6) is 0 Å². The van der Waals surface area contributed by atoms with E-state index in [4.69, 9.17) is 17.3 Å². The van der Waals surface area contributed by atoms with Crippen LogP contribution in [0.1, 0.15) is 10.4 Å². The third-order valence-electron chi connectivity index (χ3n) is 2.19. The van der Waals surface area contributed by atoms with Gasteiger partial charge in [-0.3, -0.25) is 9.78 Å². The number of rotatable bonds is 2. The summed E-state index contributed by atoms with van der Waals surface area (Å²) in [6.07, 6.45) is 3.04. The molecule has 0 aliphatic carbocycles. The van der Waals surface area contributed by atoms with Crippen LogP contribution in [-0.4, -0.2) is 10.9 Å². The first-order chi connectivity index (χ1) is 8.16. The molecule has 0 fully saturated rings. The zero-order valence-corrected chi connectivity index (χ0v) is 9.61. The minimum atomic E-state index is -0.259. The highest BCUT2D eigenvalue weighted by atomic mass is 35.5. The number of nitrogen functional groups attached to an aromatic ring is 1. The maximum absolute atomic E-state index is 11.9. The standard InChI is InChI=1S/C12H10ClN3O/c13-9-3-1-2-8(6-9)12(17)16-11-4-5-15-7-10(11)14/h1-7H,14H2,(H,15,16,17). The summed E-state index contributed by atoms with van der Waals surface area (Å²) >= 11 is 5.81. The first-order valence-corrected chi connectivity index (χ1v) is 5.31. The van der Waals surface area contributed by atoms with Gasteiger partial charge in [0.25, 0.3) is 5.91 Å². The molecule has 0 atom stereocenters. The molecule has 0 unspecified atom stereocenters. The highest BCUT2D eigenvalue weighted by Gasteiger charge is 2.07. The van der Waals surface area contributed by atoms with E-state index in [1.54, 1.807) is 36.5 Å². The lowest BCUT2D eigenvalue weighted by molar-refractivity contribution is 0.102. The molecule has 1 aromatic carbocycles. The van der Waals surface area contributed by atoms with Gasteiger partial charge in [-0.2, -0.15) is 0 Å². The molecule has 2 aromatic rings. The number of carbonyl (C=O) groups excluding carboxylic acids is 1. The van der Waals surface area contributed by atoms with Gasteiger partial charge in [-0.1, -0.05) is 17.7 Å². The molecule has 0 aliphatic rings. The molecule has 0 radical (unpaired) electrons. The summed E-state index contributed by atoms with van der Waals surface area (Å²) in [5, 5.41) is 3.21. The average Bonchev–Trinajstić information content (AvgIpc) is 2.32. The number of aromatic nitrogens is 1. The minimum Gasteiger partial charge on any atom is -0.396 e. The van der Waals surface area contributed by atoms with Crippen LogP contribution in [0.15, 0.2) is 42.7 Å². The predicted octanol–water partition coefficient (Wildman–Crippen LogP) is 2.57. The van der Waals surface area contributed by atoms with Gasteiger partial charge in [-0.25, -0.2) is 0 Å². The molecule has 4 nitrogen and oxygen atoms in total. The Balaban J connectivity index is 2.20. The van der Waals surface area contributed by atoms with E-state index >= 15 is 0 Å². The normalized spacial score (nSPS) is 9.94. The lowest BCUT2D eigenvalue weighted by atomic mass is 10.2. The van der Waals surface area contributed by atoms with E-state index in [1.165, 1.54) is 6.20 Å². The van der Waals surface area contributed by atoms with Crippen LogP contribution in [0.2, 0.25) is 5.02 Å². The fraction of sp³-hybridized carbons (Fsp3) is 0. The topological polar surface area (TPSA) is 68.0 Å². The van der Waals surface area contributed by atoms with Crippen LogP contribution in [0.25, 0.3) is 0 Å². The Morgan fingerprint density at radius 1 is 1.35 bits per heavy atom. The van der Waals surface area contributed by atoms with Gasteiger partial charge in [0, 0.05) is 16.8 Å². The smallest absolute Gasteiger partial charge is 0.255 e. The number of halogens is 1. The van der Waals surface area contributed by atoms with Crippen molar-refractivity contribution in [2.75, 3.05) is 11.1 Å². The number of hydrogen-bond acceptors (Lipinski definition) is 3. The van der Waals surface area contributed by atoms with Crippen molar-refractivity contribution in [3.05, 3.63) is 53.3 Å². The van der Waals surface area contributed by atoms with Crippen LogP contribution in [0.4, 0.5) is 11.4 Å². The van der Waals surface area contributed by atoms with Crippen molar-refractivity contribution in [1.82, 2.24) is 4.98 Å². The van der Waals surface area contributed by atoms with Crippen molar-refractivity contribution in [3.8, 4) is 0 Å². The zero-order chi connectivity index (χ0) is 12.3. The predicted molar refractivity (Wildman–Crippen MR) is 68.1 cm³/mol. The van der Waals surface area contributed by atoms with Gasteiger partial charge in [0.1, 0.15) is 0 Å². The van der Waals surface area contributed by atoms with E-state index in [1.807, 2.05) is 0 Å². The van der Waals surface area contributed by atoms with E-state index in [0.717, 1.165) is 0 Å². The monoisotopic (exact) mass is 247 g/mol. The summed E-state index contributed by atoms with van der Waals surface area (Å²) in [7, 11) is 0. The highest BCUT2D eigenvalue weighted by molar-refractivity contribution is 6.31. The molecule has 0 saturated carbocycles.